The van der Waals surface area contributed by atoms with Crippen LogP contribution in [0.3, 0.4) is 0 Å². The van der Waals surface area contributed by atoms with Crippen LogP contribution < -0.4 is 10.6 Å². The van der Waals surface area contributed by atoms with E-state index in [1.807, 2.05) is 30.3 Å². The highest BCUT2D eigenvalue weighted by Gasteiger charge is 2.22. The SMILES string of the molecule is O=C(NC(=O)C1CCCCN1)OCc1ccccc1. The number of imide groups is 1. The van der Waals surface area contributed by atoms with Gasteiger partial charge in [0.2, 0.25) is 5.91 Å². The molecule has 0 spiro atoms. The van der Waals surface area contributed by atoms with E-state index in [0.29, 0.717) is 0 Å². The number of carbonyl (C=O) groups is 2. The van der Waals surface area contributed by atoms with Gasteiger partial charge < -0.3 is 10.1 Å². The molecule has 5 heteroatoms. The summed E-state index contributed by atoms with van der Waals surface area (Å²) < 4.78 is 4.99. The number of hydrogen-bond donors (Lipinski definition) is 2. The molecule has 102 valence electrons. The van der Waals surface area contributed by atoms with E-state index in [-0.39, 0.29) is 18.6 Å². The Hall–Kier alpha value is -1.88. The van der Waals surface area contributed by atoms with E-state index in [9.17, 15) is 9.59 Å². The summed E-state index contributed by atoms with van der Waals surface area (Å²) in [4.78, 5) is 23.2. The third kappa shape index (κ3) is 4.37. The lowest BCUT2D eigenvalue weighted by Crippen LogP contribution is -2.48. The van der Waals surface area contributed by atoms with Crippen molar-refractivity contribution < 1.29 is 14.3 Å². The highest BCUT2D eigenvalue weighted by molar-refractivity contribution is 5.94. The van der Waals surface area contributed by atoms with Crippen LogP contribution in [0.25, 0.3) is 0 Å². The molecule has 1 atom stereocenters. The van der Waals surface area contributed by atoms with Gasteiger partial charge in [-0.2, -0.15) is 0 Å². The molecule has 0 aromatic heterocycles. The van der Waals surface area contributed by atoms with Crippen molar-refractivity contribution >= 4 is 12.0 Å². The number of ether oxygens (including phenoxy) is 1. The number of carbonyl (C=O) groups excluding carboxylic acids is 2. The van der Waals surface area contributed by atoms with Gasteiger partial charge in [0, 0.05) is 0 Å². The molecule has 1 fully saturated rings. The third-order valence-corrected chi connectivity index (χ3v) is 3.06. The quantitative estimate of drug-likeness (QED) is 0.868. The maximum Gasteiger partial charge on any atom is 0.414 e. The summed E-state index contributed by atoms with van der Waals surface area (Å²) in [6.45, 7) is 0.981. The number of rotatable bonds is 3. The second-order valence-corrected chi connectivity index (χ2v) is 4.55. The van der Waals surface area contributed by atoms with E-state index >= 15 is 0 Å². The monoisotopic (exact) mass is 262 g/mol. The predicted octanol–water partition coefficient (Wildman–Crippen LogP) is 1.58. The van der Waals surface area contributed by atoms with E-state index in [0.717, 1.165) is 31.4 Å². The minimum absolute atomic E-state index is 0.165. The predicted molar refractivity (Wildman–Crippen MR) is 70.4 cm³/mol. The molecule has 2 amide bonds. The van der Waals surface area contributed by atoms with Gasteiger partial charge in [0.25, 0.3) is 0 Å². The van der Waals surface area contributed by atoms with Crippen LogP contribution in [0.4, 0.5) is 4.79 Å². The summed E-state index contributed by atoms with van der Waals surface area (Å²) in [5.41, 5.74) is 0.890. The summed E-state index contributed by atoms with van der Waals surface area (Å²) in [7, 11) is 0. The van der Waals surface area contributed by atoms with Crippen molar-refractivity contribution in [1.82, 2.24) is 10.6 Å². The van der Waals surface area contributed by atoms with Crippen molar-refractivity contribution in [3.63, 3.8) is 0 Å². The number of nitrogens with one attached hydrogen (secondary N) is 2. The summed E-state index contributed by atoms with van der Waals surface area (Å²) >= 11 is 0. The maximum atomic E-state index is 11.7. The zero-order valence-corrected chi connectivity index (χ0v) is 10.7. The molecule has 1 aromatic rings. The molecule has 2 N–H and O–H groups in total. The number of hydrogen-bond acceptors (Lipinski definition) is 4. The molecule has 1 aliphatic heterocycles. The first-order valence-electron chi connectivity index (χ1n) is 6.50. The molecule has 5 nitrogen and oxygen atoms in total. The van der Waals surface area contributed by atoms with Gasteiger partial charge in [0.1, 0.15) is 6.61 Å². The topological polar surface area (TPSA) is 67.4 Å². The van der Waals surface area contributed by atoms with Crippen LogP contribution in [0.15, 0.2) is 30.3 Å². The Labute approximate surface area is 112 Å². The van der Waals surface area contributed by atoms with Crippen LogP contribution >= 0.6 is 0 Å². The summed E-state index contributed by atoms with van der Waals surface area (Å²) in [6, 6.07) is 9.07. The van der Waals surface area contributed by atoms with Crippen molar-refractivity contribution in [2.24, 2.45) is 0 Å². The fourth-order valence-corrected chi connectivity index (χ4v) is 2.02. The van der Waals surface area contributed by atoms with E-state index in [4.69, 9.17) is 4.74 Å². The third-order valence-electron chi connectivity index (χ3n) is 3.06. The van der Waals surface area contributed by atoms with E-state index in [2.05, 4.69) is 10.6 Å². The van der Waals surface area contributed by atoms with Crippen molar-refractivity contribution in [2.45, 2.75) is 31.9 Å². The average Bonchev–Trinajstić information content (AvgIpc) is 2.47. The van der Waals surface area contributed by atoms with Crippen LogP contribution in [0.2, 0.25) is 0 Å². The Bertz CT molecular complexity index is 428. The van der Waals surface area contributed by atoms with Gasteiger partial charge in [-0.25, -0.2) is 4.79 Å². The summed E-state index contributed by atoms with van der Waals surface area (Å²) in [5.74, 6) is -0.308. The van der Waals surface area contributed by atoms with Crippen LogP contribution in [0, 0.1) is 0 Å². The number of alkyl carbamates (subject to hydrolysis) is 1. The van der Waals surface area contributed by atoms with Gasteiger partial charge in [0.05, 0.1) is 6.04 Å². The first kappa shape index (κ1) is 13.5. The van der Waals surface area contributed by atoms with Crippen LogP contribution in [0.1, 0.15) is 24.8 Å². The minimum atomic E-state index is -0.693. The fraction of sp³-hybridized carbons (Fsp3) is 0.429. The van der Waals surface area contributed by atoms with Gasteiger partial charge in [-0.05, 0) is 24.9 Å². The minimum Gasteiger partial charge on any atom is -0.444 e. The molecule has 1 aromatic carbocycles. The normalized spacial score (nSPS) is 18.6. The van der Waals surface area contributed by atoms with Crippen LogP contribution in [-0.4, -0.2) is 24.6 Å². The Morgan fingerprint density at radius 1 is 1.26 bits per heavy atom. The molecule has 1 saturated heterocycles. The lowest BCUT2D eigenvalue weighted by atomic mass is 10.0. The molecule has 1 heterocycles. The highest BCUT2D eigenvalue weighted by atomic mass is 16.5. The van der Waals surface area contributed by atoms with Crippen molar-refractivity contribution in [2.75, 3.05) is 6.54 Å². The van der Waals surface area contributed by atoms with Gasteiger partial charge in [-0.1, -0.05) is 36.8 Å². The number of benzene rings is 1. The Morgan fingerprint density at radius 2 is 2.05 bits per heavy atom. The Morgan fingerprint density at radius 3 is 2.74 bits per heavy atom. The standard InChI is InChI=1S/C14H18N2O3/c17-13(12-8-4-5-9-15-12)16-14(18)19-10-11-6-2-1-3-7-11/h1-3,6-7,12,15H,4-5,8-10H2,(H,16,17,18). The fourth-order valence-electron chi connectivity index (χ4n) is 2.02. The van der Waals surface area contributed by atoms with Crippen LogP contribution in [-0.2, 0) is 16.1 Å². The zero-order valence-electron chi connectivity index (χ0n) is 10.7. The summed E-state index contributed by atoms with van der Waals surface area (Å²) in [5, 5.41) is 5.34. The molecule has 0 aliphatic carbocycles. The van der Waals surface area contributed by atoms with Gasteiger partial charge >= 0.3 is 6.09 Å². The molecule has 19 heavy (non-hydrogen) atoms. The Kier molecular flexibility index (Phi) is 4.92. The second-order valence-electron chi connectivity index (χ2n) is 4.55. The van der Waals surface area contributed by atoms with Gasteiger partial charge in [0.15, 0.2) is 0 Å². The molecular formula is C14H18N2O3. The lowest BCUT2D eigenvalue weighted by Gasteiger charge is -2.21. The highest BCUT2D eigenvalue weighted by Crippen LogP contribution is 2.07. The molecule has 0 saturated carbocycles. The molecule has 1 aliphatic rings. The van der Waals surface area contributed by atoms with Gasteiger partial charge in [-0.15, -0.1) is 0 Å². The zero-order chi connectivity index (χ0) is 13.5. The molecule has 2 rings (SSSR count). The second kappa shape index (κ2) is 6.89. The lowest BCUT2D eigenvalue weighted by molar-refractivity contribution is -0.123. The Balaban J connectivity index is 1.73. The van der Waals surface area contributed by atoms with E-state index < -0.39 is 6.09 Å². The molecule has 0 bridgehead atoms. The largest absolute Gasteiger partial charge is 0.444 e. The molecule has 0 radical (unpaired) electrons. The number of piperidine rings is 1. The van der Waals surface area contributed by atoms with Crippen molar-refractivity contribution in [3.05, 3.63) is 35.9 Å². The first-order chi connectivity index (χ1) is 9.25. The number of amides is 2. The van der Waals surface area contributed by atoms with Gasteiger partial charge in [-0.3, -0.25) is 10.1 Å². The van der Waals surface area contributed by atoms with E-state index in [1.54, 1.807) is 0 Å². The smallest absolute Gasteiger partial charge is 0.414 e. The van der Waals surface area contributed by atoms with Crippen molar-refractivity contribution in [1.29, 1.82) is 0 Å². The molecule has 1 unspecified atom stereocenters. The van der Waals surface area contributed by atoms with E-state index in [1.165, 1.54) is 0 Å². The average molecular weight is 262 g/mol. The maximum absolute atomic E-state index is 11.7. The molecular weight excluding hydrogens is 244 g/mol. The first-order valence-corrected chi connectivity index (χ1v) is 6.50. The summed E-state index contributed by atoms with van der Waals surface area (Å²) in [6.07, 6.45) is 2.14. The van der Waals surface area contributed by atoms with Crippen LogP contribution in [0.5, 0.6) is 0 Å². The van der Waals surface area contributed by atoms with Crippen molar-refractivity contribution in [3.8, 4) is 0 Å².